The predicted octanol–water partition coefficient (Wildman–Crippen LogP) is 0.545. The van der Waals surface area contributed by atoms with Crippen LogP contribution in [0.2, 0.25) is 0 Å². The summed E-state index contributed by atoms with van der Waals surface area (Å²) in [7, 11) is 4.70. The van der Waals surface area contributed by atoms with Gasteiger partial charge >= 0.3 is 0 Å². The van der Waals surface area contributed by atoms with Gasteiger partial charge in [-0.15, -0.1) is 0 Å². The molecule has 0 aromatic heterocycles. The molecule has 0 bridgehead atoms. The molecule has 0 heterocycles. The van der Waals surface area contributed by atoms with Crippen LogP contribution in [-0.2, 0) is 6.54 Å². The molecule has 0 aliphatic rings. The number of aliphatic hydroxyl groups is 2. The van der Waals surface area contributed by atoms with E-state index < -0.39 is 5.54 Å². The lowest BCUT2D eigenvalue weighted by Gasteiger charge is -2.27. The minimum Gasteiger partial charge on any atom is -0.496 e. The summed E-state index contributed by atoms with van der Waals surface area (Å²) in [6.45, 7) is 1.76. The molecule has 0 spiro atoms. The molecule has 0 amide bonds. The van der Waals surface area contributed by atoms with Gasteiger partial charge in [-0.3, -0.25) is 0 Å². The highest BCUT2D eigenvalue weighted by Crippen LogP contribution is 2.34. The van der Waals surface area contributed by atoms with E-state index in [0.29, 0.717) is 23.8 Å². The molecule has 0 unspecified atom stereocenters. The summed E-state index contributed by atoms with van der Waals surface area (Å²) in [5.74, 6) is 1.87. The number of ether oxygens (including phenoxy) is 3. The minimum atomic E-state index is -0.768. The van der Waals surface area contributed by atoms with E-state index in [1.807, 2.05) is 0 Å². The van der Waals surface area contributed by atoms with E-state index in [1.54, 1.807) is 40.4 Å². The smallest absolute Gasteiger partial charge is 0.130 e. The zero-order chi connectivity index (χ0) is 15.2. The summed E-state index contributed by atoms with van der Waals surface area (Å²) in [6.07, 6.45) is 0. The highest BCUT2D eigenvalue weighted by molar-refractivity contribution is 5.50. The molecule has 6 heteroatoms. The van der Waals surface area contributed by atoms with Crippen LogP contribution in [0.4, 0.5) is 0 Å². The van der Waals surface area contributed by atoms with Crippen molar-refractivity contribution in [3.05, 3.63) is 17.7 Å². The van der Waals surface area contributed by atoms with Crippen LogP contribution in [0.5, 0.6) is 17.2 Å². The quantitative estimate of drug-likeness (QED) is 0.647. The topological polar surface area (TPSA) is 80.2 Å². The van der Waals surface area contributed by atoms with Crippen LogP contribution in [0.3, 0.4) is 0 Å². The summed E-state index contributed by atoms with van der Waals surface area (Å²) < 4.78 is 15.9. The fourth-order valence-corrected chi connectivity index (χ4v) is 1.72. The molecular weight excluding hydrogens is 262 g/mol. The Morgan fingerprint density at radius 2 is 1.50 bits per heavy atom. The Bertz CT molecular complexity index is 407. The largest absolute Gasteiger partial charge is 0.496 e. The number of benzene rings is 1. The van der Waals surface area contributed by atoms with E-state index in [-0.39, 0.29) is 13.2 Å². The van der Waals surface area contributed by atoms with E-state index in [9.17, 15) is 10.2 Å². The number of hydrogen-bond donors (Lipinski definition) is 3. The van der Waals surface area contributed by atoms with Gasteiger partial charge in [0, 0.05) is 18.7 Å². The highest BCUT2D eigenvalue weighted by Gasteiger charge is 2.23. The van der Waals surface area contributed by atoms with E-state index in [2.05, 4.69) is 5.32 Å². The van der Waals surface area contributed by atoms with Crippen LogP contribution < -0.4 is 19.5 Å². The van der Waals surface area contributed by atoms with Gasteiger partial charge in [-0.05, 0) is 6.92 Å². The van der Waals surface area contributed by atoms with Crippen LogP contribution >= 0.6 is 0 Å². The van der Waals surface area contributed by atoms with Gasteiger partial charge in [0.25, 0.3) is 0 Å². The van der Waals surface area contributed by atoms with Crippen LogP contribution in [-0.4, -0.2) is 50.3 Å². The Balaban J connectivity index is 3.04. The first-order valence-electron chi connectivity index (χ1n) is 6.29. The normalized spacial score (nSPS) is 11.3. The highest BCUT2D eigenvalue weighted by atomic mass is 16.5. The van der Waals surface area contributed by atoms with Gasteiger partial charge in [-0.1, -0.05) is 0 Å². The van der Waals surface area contributed by atoms with Gasteiger partial charge in [0.15, 0.2) is 0 Å². The Hall–Kier alpha value is -1.50. The van der Waals surface area contributed by atoms with Crippen molar-refractivity contribution in [2.24, 2.45) is 0 Å². The molecular formula is C14H23NO5. The van der Waals surface area contributed by atoms with E-state index in [4.69, 9.17) is 14.2 Å². The average molecular weight is 285 g/mol. The lowest BCUT2D eigenvalue weighted by Crippen LogP contribution is -2.48. The van der Waals surface area contributed by atoms with Crippen molar-refractivity contribution in [3.8, 4) is 17.2 Å². The fraction of sp³-hybridized carbons (Fsp3) is 0.571. The minimum absolute atomic E-state index is 0.176. The van der Waals surface area contributed by atoms with E-state index in [0.717, 1.165) is 5.56 Å². The Morgan fingerprint density at radius 1 is 1.00 bits per heavy atom. The summed E-state index contributed by atoms with van der Waals surface area (Å²) in [6, 6.07) is 3.52. The first-order chi connectivity index (χ1) is 9.53. The molecule has 0 saturated heterocycles. The summed E-state index contributed by atoms with van der Waals surface area (Å²) in [4.78, 5) is 0. The van der Waals surface area contributed by atoms with Crippen molar-refractivity contribution in [2.45, 2.75) is 19.0 Å². The predicted molar refractivity (Wildman–Crippen MR) is 75.5 cm³/mol. The lowest BCUT2D eigenvalue weighted by molar-refractivity contribution is 0.102. The van der Waals surface area contributed by atoms with Crippen LogP contribution in [0.1, 0.15) is 12.5 Å². The maximum absolute atomic E-state index is 9.29. The van der Waals surface area contributed by atoms with Gasteiger partial charge in [0.2, 0.25) is 0 Å². The van der Waals surface area contributed by atoms with Crippen LogP contribution in [0.25, 0.3) is 0 Å². The number of rotatable bonds is 8. The molecule has 0 saturated carbocycles. The van der Waals surface area contributed by atoms with E-state index >= 15 is 0 Å². The molecule has 20 heavy (non-hydrogen) atoms. The van der Waals surface area contributed by atoms with Gasteiger partial charge in [-0.25, -0.2) is 0 Å². The summed E-state index contributed by atoms with van der Waals surface area (Å²) in [5.41, 5.74) is 0.0274. The summed E-state index contributed by atoms with van der Waals surface area (Å²) in [5, 5.41) is 21.7. The monoisotopic (exact) mass is 285 g/mol. The van der Waals surface area contributed by atoms with Crippen molar-refractivity contribution >= 4 is 0 Å². The second-order valence-corrected chi connectivity index (χ2v) is 4.74. The molecule has 6 nitrogen and oxygen atoms in total. The first kappa shape index (κ1) is 16.6. The molecule has 0 aliphatic carbocycles. The average Bonchev–Trinajstić information content (AvgIpc) is 2.51. The van der Waals surface area contributed by atoms with Gasteiger partial charge < -0.3 is 29.7 Å². The fourth-order valence-electron chi connectivity index (χ4n) is 1.72. The van der Waals surface area contributed by atoms with Crippen molar-refractivity contribution in [3.63, 3.8) is 0 Å². The second-order valence-electron chi connectivity index (χ2n) is 4.74. The molecule has 0 fully saturated rings. The SMILES string of the molecule is COc1cc(OC)c(CNC(C)(CO)CO)c(OC)c1. The van der Waals surface area contributed by atoms with Crippen LogP contribution in [0.15, 0.2) is 12.1 Å². The molecule has 0 radical (unpaired) electrons. The number of nitrogens with one attached hydrogen (secondary N) is 1. The molecule has 1 rings (SSSR count). The van der Waals surface area contributed by atoms with Gasteiger partial charge in [-0.2, -0.15) is 0 Å². The molecule has 1 aromatic rings. The first-order valence-corrected chi connectivity index (χ1v) is 6.29. The van der Waals surface area contributed by atoms with Crippen molar-refractivity contribution in [1.82, 2.24) is 5.32 Å². The molecule has 0 aliphatic heterocycles. The third kappa shape index (κ3) is 3.75. The molecule has 3 N–H and O–H groups in total. The standard InChI is InChI=1S/C14H23NO5/c1-14(8-16,9-17)15-7-11-12(19-3)5-10(18-2)6-13(11)20-4/h5-6,15-17H,7-9H2,1-4H3. The zero-order valence-electron chi connectivity index (χ0n) is 12.4. The van der Waals surface area contributed by atoms with E-state index in [1.165, 1.54) is 0 Å². The summed E-state index contributed by atoms with van der Waals surface area (Å²) >= 11 is 0. The number of hydrogen-bond acceptors (Lipinski definition) is 6. The third-order valence-corrected chi connectivity index (χ3v) is 3.21. The van der Waals surface area contributed by atoms with Crippen molar-refractivity contribution in [2.75, 3.05) is 34.5 Å². The zero-order valence-corrected chi connectivity index (χ0v) is 12.4. The second kappa shape index (κ2) is 7.33. The van der Waals surface area contributed by atoms with Gasteiger partial charge in [0.1, 0.15) is 17.2 Å². The lowest BCUT2D eigenvalue weighted by atomic mass is 10.0. The molecule has 0 atom stereocenters. The Labute approximate surface area is 119 Å². The Morgan fingerprint density at radius 3 is 1.85 bits per heavy atom. The van der Waals surface area contributed by atoms with Gasteiger partial charge in [0.05, 0.1) is 45.6 Å². The molecule has 114 valence electrons. The maximum Gasteiger partial charge on any atom is 0.130 e. The van der Waals surface area contributed by atoms with Crippen molar-refractivity contribution < 1.29 is 24.4 Å². The third-order valence-electron chi connectivity index (χ3n) is 3.21. The Kier molecular flexibility index (Phi) is 6.06. The molecule has 1 aromatic carbocycles. The van der Waals surface area contributed by atoms with Crippen molar-refractivity contribution in [1.29, 1.82) is 0 Å². The van der Waals surface area contributed by atoms with Crippen LogP contribution in [0, 0.1) is 0 Å². The number of aliphatic hydroxyl groups excluding tert-OH is 2. The number of methoxy groups -OCH3 is 3. The maximum atomic E-state index is 9.29.